The summed E-state index contributed by atoms with van der Waals surface area (Å²) in [4.78, 5) is 0. The van der Waals surface area contributed by atoms with Gasteiger partial charge in [-0.3, -0.25) is 0 Å². The van der Waals surface area contributed by atoms with Gasteiger partial charge >= 0.3 is 0 Å². The molecule has 0 spiro atoms. The van der Waals surface area contributed by atoms with Crippen LogP contribution >= 0.6 is 46.4 Å². The lowest BCUT2D eigenvalue weighted by molar-refractivity contribution is 0.550. The highest BCUT2D eigenvalue weighted by molar-refractivity contribution is 6.28. The molecular formula is C14H26Cl4. The van der Waals surface area contributed by atoms with Gasteiger partial charge in [0.1, 0.15) is 0 Å². The molecule has 0 saturated heterocycles. The average molecular weight is 336 g/mol. The van der Waals surface area contributed by atoms with Crippen molar-refractivity contribution in [1.29, 1.82) is 0 Å². The summed E-state index contributed by atoms with van der Waals surface area (Å²) in [5, 5.41) is 0.328. The predicted molar refractivity (Wildman–Crippen MR) is 86.9 cm³/mol. The van der Waals surface area contributed by atoms with E-state index < -0.39 is 0 Å². The fourth-order valence-corrected chi connectivity index (χ4v) is 2.56. The predicted octanol–water partition coefficient (Wildman–Crippen LogP) is 6.58. The summed E-state index contributed by atoms with van der Waals surface area (Å²) < 4.78 is 0. The molecule has 0 N–H and O–H groups in total. The zero-order valence-electron chi connectivity index (χ0n) is 11.2. The number of halogens is 4. The standard InChI is InChI=1S/C14H26Cl4/c15-11-13(17)9-7-5-3-1-2-4-6-8-10-14(18)12-16/h13-14H,1-12H2. The lowest BCUT2D eigenvalue weighted by Crippen LogP contribution is -1.99. The molecule has 2 unspecified atom stereocenters. The summed E-state index contributed by atoms with van der Waals surface area (Å²) in [6.07, 6.45) is 12.4. The topological polar surface area (TPSA) is 0 Å². The maximum Gasteiger partial charge on any atom is 0.0471 e. The van der Waals surface area contributed by atoms with Crippen molar-refractivity contribution in [2.75, 3.05) is 11.8 Å². The van der Waals surface area contributed by atoms with Gasteiger partial charge in [-0.05, 0) is 12.8 Å². The highest BCUT2D eigenvalue weighted by Gasteiger charge is 2.02. The first kappa shape index (κ1) is 19.2. The average Bonchev–Trinajstić information content (AvgIpc) is 2.40. The fourth-order valence-electron chi connectivity index (χ4n) is 1.95. The molecule has 0 aliphatic carbocycles. The summed E-state index contributed by atoms with van der Waals surface area (Å²) in [5.41, 5.74) is 0. The highest BCUT2D eigenvalue weighted by atomic mass is 35.5. The minimum atomic E-state index is 0.164. The molecule has 0 rings (SSSR count). The van der Waals surface area contributed by atoms with E-state index in [4.69, 9.17) is 46.4 Å². The van der Waals surface area contributed by atoms with Crippen LogP contribution in [0.25, 0.3) is 0 Å². The Morgan fingerprint density at radius 1 is 0.500 bits per heavy atom. The van der Waals surface area contributed by atoms with E-state index in [0.29, 0.717) is 11.8 Å². The molecular weight excluding hydrogens is 310 g/mol. The van der Waals surface area contributed by atoms with Crippen LogP contribution in [-0.4, -0.2) is 22.5 Å². The summed E-state index contributed by atoms with van der Waals surface area (Å²) in [5.74, 6) is 1.15. The molecule has 2 atom stereocenters. The Balaban J connectivity index is 3.03. The Bertz CT molecular complexity index is 146. The number of rotatable bonds is 13. The van der Waals surface area contributed by atoms with Crippen LogP contribution in [0.4, 0.5) is 0 Å². The molecule has 0 heterocycles. The smallest absolute Gasteiger partial charge is 0.0471 e. The van der Waals surface area contributed by atoms with Crippen LogP contribution in [0.1, 0.15) is 64.2 Å². The first-order chi connectivity index (χ1) is 8.70. The Morgan fingerprint density at radius 2 is 0.778 bits per heavy atom. The Morgan fingerprint density at radius 3 is 1.06 bits per heavy atom. The maximum absolute atomic E-state index is 5.95. The van der Waals surface area contributed by atoms with E-state index in [1.165, 1.54) is 51.4 Å². The molecule has 4 heteroatoms. The van der Waals surface area contributed by atoms with E-state index >= 15 is 0 Å². The third kappa shape index (κ3) is 13.6. The molecule has 0 aliphatic heterocycles. The number of hydrogen-bond donors (Lipinski definition) is 0. The fraction of sp³-hybridized carbons (Fsp3) is 1.00. The first-order valence-electron chi connectivity index (χ1n) is 7.10. The summed E-state index contributed by atoms with van der Waals surface area (Å²) in [6, 6.07) is 0. The van der Waals surface area contributed by atoms with Crippen molar-refractivity contribution in [3.05, 3.63) is 0 Å². The first-order valence-corrected chi connectivity index (χ1v) is 9.05. The lowest BCUT2D eigenvalue weighted by Gasteiger charge is -2.06. The van der Waals surface area contributed by atoms with E-state index in [9.17, 15) is 0 Å². The number of alkyl halides is 4. The van der Waals surface area contributed by atoms with Crippen molar-refractivity contribution in [1.82, 2.24) is 0 Å². The molecule has 0 amide bonds. The van der Waals surface area contributed by atoms with Gasteiger partial charge in [-0.1, -0.05) is 51.4 Å². The van der Waals surface area contributed by atoms with E-state index in [1.807, 2.05) is 0 Å². The molecule has 0 fully saturated rings. The van der Waals surface area contributed by atoms with Crippen molar-refractivity contribution in [3.8, 4) is 0 Å². The highest BCUT2D eigenvalue weighted by Crippen LogP contribution is 2.15. The van der Waals surface area contributed by atoms with Crippen molar-refractivity contribution in [3.63, 3.8) is 0 Å². The van der Waals surface area contributed by atoms with Gasteiger partial charge in [-0.15, -0.1) is 46.4 Å². The third-order valence-corrected chi connectivity index (χ3v) is 4.93. The van der Waals surface area contributed by atoms with Gasteiger partial charge in [0.15, 0.2) is 0 Å². The van der Waals surface area contributed by atoms with Gasteiger partial charge in [-0.2, -0.15) is 0 Å². The maximum atomic E-state index is 5.95. The molecule has 0 aliphatic rings. The van der Waals surface area contributed by atoms with Crippen LogP contribution in [0, 0.1) is 0 Å². The van der Waals surface area contributed by atoms with Crippen LogP contribution in [0.2, 0.25) is 0 Å². The molecule has 0 aromatic carbocycles. The minimum Gasteiger partial charge on any atom is -0.125 e. The van der Waals surface area contributed by atoms with E-state index in [2.05, 4.69) is 0 Å². The SMILES string of the molecule is ClCC(Cl)CCCCCCCCCCC(Cl)CCl. The van der Waals surface area contributed by atoms with E-state index in [0.717, 1.165) is 12.8 Å². The summed E-state index contributed by atoms with van der Waals surface area (Å²) in [6.45, 7) is 0. The van der Waals surface area contributed by atoms with E-state index in [-0.39, 0.29) is 10.8 Å². The largest absolute Gasteiger partial charge is 0.125 e. The molecule has 0 saturated carbocycles. The van der Waals surface area contributed by atoms with Crippen LogP contribution in [-0.2, 0) is 0 Å². The zero-order valence-corrected chi connectivity index (χ0v) is 14.2. The second-order valence-electron chi connectivity index (χ2n) is 4.91. The zero-order chi connectivity index (χ0) is 13.6. The van der Waals surface area contributed by atoms with Crippen molar-refractivity contribution >= 4 is 46.4 Å². The van der Waals surface area contributed by atoms with Gasteiger partial charge in [-0.25, -0.2) is 0 Å². The molecule has 0 aromatic rings. The van der Waals surface area contributed by atoms with Gasteiger partial charge in [0.2, 0.25) is 0 Å². The molecule has 0 nitrogen and oxygen atoms in total. The van der Waals surface area contributed by atoms with Crippen LogP contribution in [0.3, 0.4) is 0 Å². The summed E-state index contributed by atoms with van der Waals surface area (Å²) >= 11 is 23.2. The van der Waals surface area contributed by atoms with Crippen molar-refractivity contribution < 1.29 is 0 Å². The van der Waals surface area contributed by atoms with Crippen molar-refractivity contribution in [2.24, 2.45) is 0 Å². The minimum absolute atomic E-state index is 0.164. The van der Waals surface area contributed by atoms with Crippen molar-refractivity contribution in [2.45, 2.75) is 75.0 Å². The lowest BCUT2D eigenvalue weighted by atomic mass is 10.1. The Hall–Kier alpha value is 1.16. The summed E-state index contributed by atoms with van der Waals surface area (Å²) in [7, 11) is 0. The molecule has 18 heavy (non-hydrogen) atoms. The monoisotopic (exact) mass is 334 g/mol. The Kier molecular flexibility index (Phi) is 15.5. The second-order valence-corrected chi connectivity index (χ2v) is 6.76. The Labute approximate surface area is 133 Å². The quantitative estimate of drug-likeness (QED) is 0.263. The molecule has 0 bridgehead atoms. The normalized spacial score (nSPS) is 14.7. The third-order valence-electron chi connectivity index (χ3n) is 3.12. The van der Waals surface area contributed by atoms with Gasteiger partial charge in [0.25, 0.3) is 0 Å². The second kappa shape index (κ2) is 14.6. The van der Waals surface area contributed by atoms with Gasteiger partial charge < -0.3 is 0 Å². The van der Waals surface area contributed by atoms with Crippen LogP contribution in [0.5, 0.6) is 0 Å². The molecule has 110 valence electrons. The van der Waals surface area contributed by atoms with Crippen LogP contribution in [0.15, 0.2) is 0 Å². The number of hydrogen-bond acceptors (Lipinski definition) is 0. The van der Waals surface area contributed by atoms with Crippen LogP contribution < -0.4 is 0 Å². The molecule has 0 radical (unpaired) electrons. The van der Waals surface area contributed by atoms with Gasteiger partial charge in [0.05, 0.1) is 0 Å². The molecule has 0 aromatic heterocycles. The van der Waals surface area contributed by atoms with E-state index in [1.54, 1.807) is 0 Å². The number of unbranched alkanes of at least 4 members (excludes halogenated alkanes) is 7. The van der Waals surface area contributed by atoms with Gasteiger partial charge in [0, 0.05) is 22.5 Å².